The number of nitriles is 1. The van der Waals surface area contributed by atoms with Gasteiger partial charge in [-0.05, 0) is 73.4 Å². The molecule has 0 spiro atoms. The summed E-state index contributed by atoms with van der Waals surface area (Å²) in [5.74, 6) is 0.214. The number of fused-ring (bicyclic) bond motifs is 9. The molecule has 2 aromatic heterocycles. The lowest BCUT2D eigenvalue weighted by atomic mass is 9.78. The maximum absolute atomic E-state index is 9.69. The zero-order chi connectivity index (χ0) is 26.5. The molecule has 2 unspecified atom stereocenters. The lowest BCUT2D eigenvalue weighted by molar-refractivity contribution is -0.727. The molecule has 7 rings (SSSR count). The second-order valence-corrected chi connectivity index (χ2v) is 10.7. The number of hydrogen-bond acceptors (Lipinski definition) is 1. The molecule has 0 bridgehead atoms. The molecule has 39 heavy (non-hydrogen) atoms. The number of allylic oxidation sites excluding steroid dienone is 1. The average Bonchev–Trinajstić information content (AvgIpc) is 3.03. The summed E-state index contributed by atoms with van der Waals surface area (Å²) in [6, 6.07) is 36.8. The molecule has 186 valence electrons. The standard InChI is InChI=1S/C36H29N3/c1-24-12-18-35-33-20-26(21-37)13-16-31(33)32-17-14-28-10-6-7-11-30(28)34-19-15-29(27-8-4-3-5-9-27)23-38(34)25(2)36(32)39(35)22-24/h3-13,15-16,18-20,22-23,32,36H,2,14,17H2,1H3/q+2. The number of pyridine rings is 2. The summed E-state index contributed by atoms with van der Waals surface area (Å²) in [4.78, 5) is 0. The Kier molecular flexibility index (Phi) is 5.49. The Morgan fingerprint density at radius 1 is 0.795 bits per heavy atom. The highest BCUT2D eigenvalue weighted by Crippen LogP contribution is 2.45. The maximum atomic E-state index is 9.69. The first-order chi connectivity index (χ1) is 19.1. The van der Waals surface area contributed by atoms with E-state index in [1.807, 2.05) is 6.07 Å². The summed E-state index contributed by atoms with van der Waals surface area (Å²) in [6.45, 7) is 6.96. The predicted molar refractivity (Wildman–Crippen MR) is 154 cm³/mol. The smallest absolute Gasteiger partial charge is 0.192 e. The van der Waals surface area contributed by atoms with Gasteiger partial charge in [0.25, 0.3) is 0 Å². The van der Waals surface area contributed by atoms with Gasteiger partial charge < -0.3 is 0 Å². The zero-order valence-electron chi connectivity index (χ0n) is 22.0. The minimum Gasteiger partial charge on any atom is -0.192 e. The third-order valence-electron chi connectivity index (χ3n) is 8.39. The molecule has 0 radical (unpaired) electrons. The average molecular weight is 504 g/mol. The van der Waals surface area contributed by atoms with Gasteiger partial charge >= 0.3 is 0 Å². The molecule has 4 heterocycles. The topological polar surface area (TPSA) is 31.5 Å². The molecule has 2 aliphatic heterocycles. The Morgan fingerprint density at radius 2 is 1.59 bits per heavy atom. The summed E-state index contributed by atoms with van der Waals surface area (Å²) < 4.78 is 4.74. The molecule has 0 saturated carbocycles. The SMILES string of the molecule is C=C1C2C(CCc3ccccc3-c3ccc(-c4ccccc4)c[n+]31)c1ccc(C#N)cc1-c1ccc(C)c[n+]12. The first-order valence-corrected chi connectivity index (χ1v) is 13.6. The molecule has 0 amide bonds. The Bertz CT molecular complexity index is 1810. The monoisotopic (exact) mass is 503 g/mol. The number of benzene rings is 3. The van der Waals surface area contributed by atoms with Gasteiger partial charge in [-0.2, -0.15) is 14.4 Å². The molecule has 0 saturated heterocycles. The summed E-state index contributed by atoms with van der Waals surface area (Å²) in [5, 5.41) is 9.69. The van der Waals surface area contributed by atoms with Crippen molar-refractivity contribution in [2.45, 2.75) is 31.7 Å². The lowest BCUT2D eigenvalue weighted by Gasteiger charge is -2.29. The van der Waals surface area contributed by atoms with Crippen LogP contribution in [0.3, 0.4) is 0 Å². The summed E-state index contributed by atoms with van der Waals surface area (Å²) >= 11 is 0. The van der Waals surface area contributed by atoms with Crippen molar-refractivity contribution in [1.82, 2.24) is 0 Å². The first kappa shape index (κ1) is 23.3. The number of rotatable bonds is 1. The quantitative estimate of drug-likeness (QED) is 0.223. The van der Waals surface area contributed by atoms with Gasteiger partial charge in [0.2, 0.25) is 23.1 Å². The third-order valence-corrected chi connectivity index (χ3v) is 8.39. The van der Waals surface area contributed by atoms with E-state index in [1.165, 1.54) is 27.8 Å². The fourth-order valence-electron chi connectivity index (χ4n) is 6.53. The van der Waals surface area contributed by atoms with Gasteiger partial charge in [-0.1, -0.05) is 54.6 Å². The highest BCUT2D eigenvalue weighted by Gasteiger charge is 2.47. The van der Waals surface area contributed by atoms with Crippen molar-refractivity contribution in [1.29, 1.82) is 5.26 Å². The highest BCUT2D eigenvalue weighted by molar-refractivity contribution is 5.70. The predicted octanol–water partition coefficient (Wildman–Crippen LogP) is 7.20. The summed E-state index contributed by atoms with van der Waals surface area (Å²) in [7, 11) is 0. The van der Waals surface area contributed by atoms with Crippen LogP contribution in [0.2, 0.25) is 0 Å². The Labute approximate surface area is 229 Å². The van der Waals surface area contributed by atoms with Crippen LogP contribution >= 0.6 is 0 Å². The Balaban J connectivity index is 1.51. The van der Waals surface area contributed by atoms with Crippen LogP contribution in [-0.2, 0) is 6.42 Å². The minimum absolute atomic E-state index is 0.0319. The summed E-state index contributed by atoms with van der Waals surface area (Å²) in [6.07, 6.45) is 6.47. The van der Waals surface area contributed by atoms with E-state index in [-0.39, 0.29) is 12.0 Å². The van der Waals surface area contributed by atoms with Gasteiger partial charge in [-0.25, -0.2) is 0 Å². The number of aryl methyl sites for hydroxylation is 2. The second-order valence-electron chi connectivity index (χ2n) is 10.7. The number of aromatic nitrogens is 2. The van der Waals surface area contributed by atoms with Crippen molar-refractivity contribution in [2.24, 2.45) is 0 Å². The van der Waals surface area contributed by atoms with Gasteiger partial charge in [0, 0.05) is 28.8 Å². The highest BCUT2D eigenvalue weighted by atomic mass is 15.1. The number of nitrogens with zero attached hydrogens (tertiary/aromatic N) is 3. The van der Waals surface area contributed by atoms with Crippen molar-refractivity contribution in [3.8, 4) is 39.7 Å². The molecule has 0 fully saturated rings. The largest absolute Gasteiger partial charge is 0.249 e. The van der Waals surface area contributed by atoms with E-state index in [0.717, 1.165) is 41.1 Å². The van der Waals surface area contributed by atoms with Gasteiger partial charge in [0.15, 0.2) is 12.4 Å². The molecule has 0 N–H and O–H groups in total. The molecular formula is C36H29N3+2. The molecular weight excluding hydrogens is 474 g/mol. The lowest BCUT2D eigenvalue weighted by Crippen LogP contribution is -2.53. The van der Waals surface area contributed by atoms with Crippen LogP contribution < -0.4 is 9.13 Å². The van der Waals surface area contributed by atoms with Gasteiger partial charge in [0.1, 0.15) is 0 Å². The fraction of sp³-hybridized carbons (Fsp3) is 0.139. The van der Waals surface area contributed by atoms with E-state index >= 15 is 0 Å². The van der Waals surface area contributed by atoms with Crippen molar-refractivity contribution in [3.05, 3.63) is 138 Å². The molecule has 5 aromatic rings. The van der Waals surface area contributed by atoms with Crippen LogP contribution in [0, 0.1) is 18.3 Å². The normalized spacial score (nSPS) is 17.2. The molecule has 0 aliphatic carbocycles. The van der Waals surface area contributed by atoms with Gasteiger partial charge in [-0.3, -0.25) is 0 Å². The van der Waals surface area contributed by atoms with Crippen molar-refractivity contribution in [2.75, 3.05) is 0 Å². The van der Waals surface area contributed by atoms with Crippen LogP contribution in [0.25, 0.3) is 39.3 Å². The molecule has 3 heteroatoms. The second kappa shape index (κ2) is 9.19. The van der Waals surface area contributed by atoms with Gasteiger partial charge in [0.05, 0.1) is 23.1 Å². The van der Waals surface area contributed by atoms with E-state index in [0.29, 0.717) is 5.56 Å². The zero-order valence-corrected chi connectivity index (χ0v) is 22.0. The number of hydrogen-bond donors (Lipinski definition) is 0. The van der Waals surface area contributed by atoms with Crippen LogP contribution in [0.1, 0.15) is 40.6 Å². The van der Waals surface area contributed by atoms with Crippen LogP contribution in [0.15, 0.2) is 116 Å². The summed E-state index contributed by atoms with van der Waals surface area (Å²) in [5.41, 5.74) is 12.7. The van der Waals surface area contributed by atoms with Crippen molar-refractivity contribution >= 4 is 5.70 Å². The van der Waals surface area contributed by atoms with Crippen LogP contribution in [0.4, 0.5) is 0 Å². The molecule has 2 aliphatic rings. The van der Waals surface area contributed by atoms with Gasteiger partial charge in [-0.15, -0.1) is 0 Å². The maximum Gasteiger partial charge on any atom is 0.249 e. The molecule has 3 aromatic carbocycles. The Hall–Kier alpha value is -4.81. The van der Waals surface area contributed by atoms with Crippen LogP contribution in [0.5, 0.6) is 0 Å². The molecule has 2 atom stereocenters. The first-order valence-electron chi connectivity index (χ1n) is 13.6. The van der Waals surface area contributed by atoms with Crippen LogP contribution in [-0.4, -0.2) is 0 Å². The van der Waals surface area contributed by atoms with E-state index in [9.17, 15) is 5.26 Å². The van der Waals surface area contributed by atoms with E-state index < -0.39 is 0 Å². The minimum atomic E-state index is 0.0319. The van der Waals surface area contributed by atoms with E-state index in [1.54, 1.807) is 0 Å². The Morgan fingerprint density at radius 3 is 2.44 bits per heavy atom. The van der Waals surface area contributed by atoms with Crippen molar-refractivity contribution in [3.63, 3.8) is 0 Å². The third kappa shape index (κ3) is 3.80. The van der Waals surface area contributed by atoms with Crippen molar-refractivity contribution < 1.29 is 9.13 Å². The van der Waals surface area contributed by atoms with E-state index in [2.05, 4.69) is 126 Å². The van der Waals surface area contributed by atoms with E-state index in [4.69, 9.17) is 6.58 Å². The fourth-order valence-corrected chi connectivity index (χ4v) is 6.53. The molecule has 3 nitrogen and oxygen atoms in total.